The molecule has 0 heterocycles. The number of esters is 2. The van der Waals surface area contributed by atoms with Gasteiger partial charge in [0.2, 0.25) is 0 Å². The van der Waals surface area contributed by atoms with Crippen molar-refractivity contribution in [2.75, 3.05) is 13.2 Å². The van der Waals surface area contributed by atoms with Gasteiger partial charge in [0.1, 0.15) is 6.10 Å². The third-order valence-corrected chi connectivity index (χ3v) is 3.25. The first-order chi connectivity index (χ1) is 9.92. The molecule has 0 amide bonds. The monoisotopic (exact) mass is 334 g/mol. The molecule has 0 aromatic heterocycles. The SMILES string of the molecule is CCOC(=O)C(C(=O)OCC)C(O)c1cc(Cl)ccc1Cl. The molecule has 0 aliphatic heterocycles. The van der Waals surface area contributed by atoms with Crippen LogP contribution in [0.2, 0.25) is 10.0 Å². The highest BCUT2D eigenvalue weighted by molar-refractivity contribution is 6.33. The maximum Gasteiger partial charge on any atom is 0.323 e. The Hall–Kier alpha value is -1.30. The van der Waals surface area contributed by atoms with E-state index in [9.17, 15) is 14.7 Å². The number of carbonyl (C=O) groups is 2. The fourth-order valence-corrected chi connectivity index (χ4v) is 2.15. The van der Waals surface area contributed by atoms with Gasteiger partial charge in [-0.1, -0.05) is 23.2 Å². The molecule has 1 aromatic carbocycles. The summed E-state index contributed by atoms with van der Waals surface area (Å²) in [7, 11) is 0. The van der Waals surface area contributed by atoms with Crippen molar-refractivity contribution in [3.05, 3.63) is 33.8 Å². The molecular weight excluding hydrogens is 319 g/mol. The van der Waals surface area contributed by atoms with Crippen molar-refractivity contribution in [3.63, 3.8) is 0 Å². The van der Waals surface area contributed by atoms with Gasteiger partial charge < -0.3 is 14.6 Å². The van der Waals surface area contributed by atoms with E-state index in [2.05, 4.69) is 0 Å². The minimum atomic E-state index is -1.51. The molecule has 5 nitrogen and oxygen atoms in total. The molecule has 0 aliphatic carbocycles. The number of carbonyl (C=O) groups excluding carboxylic acids is 2. The highest BCUT2D eigenvalue weighted by Crippen LogP contribution is 2.32. The van der Waals surface area contributed by atoms with Gasteiger partial charge in [-0.15, -0.1) is 0 Å². The standard InChI is InChI=1S/C14H16Cl2O5/c1-3-20-13(18)11(14(19)21-4-2)12(17)9-7-8(15)5-6-10(9)16/h5-7,11-12,17H,3-4H2,1-2H3. The maximum atomic E-state index is 11.9. The molecular formula is C14H16Cl2O5. The van der Waals surface area contributed by atoms with E-state index in [0.717, 1.165) is 0 Å². The lowest BCUT2D eigenvalue weighted by atomic mass is 9.95. The molecule has 1 unspecified atom stereocenters. The Morgan fingerprint density at radius 3 is 2.14 bits per heavy atom. The average Bonchev–Trinajstić information content (AvgIpc) is 2.42. The lowest BCUT2D eigenvalue weighted by molar-refractivity contribution is -0.167. The van der Waals surface area contributed by atoms with Gasteiger partial charge >= 0.3 is 11.9 Å². The number of rotatable bonds is 6. The van der Waals surface area contributed by atoms with Gasteiger partial charge in [-0.05, 0) is 32.0 Å². The summed E-state index contributed by atoms with van der Waals surface area (Å²) in [4.78, 5) is 23.8. The van der Waals surface area contributed by atoms with E-state index in [-0.39, 0.29) is 23.8 Å². The molecule has 21 heavy (non-hydrogen) atoms. The molecule has 7 heteroatoms. The normalized spacial score (nSPS) is 12.1. The topological polar surface area (TPSA) is 72.8 Å². The van der Waals surface area contributed by atoms with Crippen LogP contribution in [0.25, 0.3) is 0 Å². The number of halogens is 2. The second-order valence-electron chi connectivity index (χ2n) is 4.09. The molecule has 1 N–H and O–H groups in total. The zero-order valence-corrected chi connectivity index (χ0v) is 13.1. The van der Waals surface area contributed by atoms with Gasteiger partial charge in [-0.2, -0.15) is 0 Å². The first-order valence-electron chi connectivity index (χ1n) is 6.38. The highest BCUT2D eigenvalue weighted by atomic mass is 35.5. The van der Waals surface area contributed by atoms with Crippen molar-refractivity contribution in [1.29, 1.82) is 0 Å². The van der Waals surface area contributed by atoms with Gasteiger partial charge in [-0.3, -0.25) is 9.59 Å². The van der Waals surface area contributed by atoms with E-state index >= 15 is 0 Å². The van der Waals surface area contributed by atoms with Crippen LogP contribution >= 0.6 is 23.2 Å². The number of benzene rings is 1. The highest BCUT2D eigenvalue weighted by Gasteiger charge is 2.38. The second-order valence-corrected chi connectivity index (χ2v) is 4.94. The summed E-state index contributed by atoms with van der Waals surface area (Å²) in [6, 6.07) is 4.39. The number of hydrogen-bond acceptors (Lipinski definition) is 5. The molecule has 0 saturated carbocycles. The summed E-state index contributed by atoms with van der Waals surface area (Å²) < 4.78 is 9.62. The van der Waals surface area contributed by atoms with E-state index in [1.807, 2.05) is 0 Å². The van der Waals surface area contributed by atoms with Crippen molar-refractivity contribution in [3.8, 4) is 0 Å². The van der Waals surface area contributed by atoms with Crippen LogP contribution in [0.1, 0.15) is 25.5 Å². The predicted molar refractivity (Wildman–Crippen MR) is 78.2 cm³/mol. The fourth-order valence-electron chi connectivity index (χ4n) is 1.74. The number of aliphatic hydroxyl groups is 1. The summed E-state index contributed by atoms with van der Waals surface area (Å²) in [5.74, 6) is -3.26. The second kappa shape index (κ2) is 8.22. The molecule has 0 saturated heterocycles. The molecule has 0 aliphatic rings. The van der Waals surface area contributed by atoms with Crippen molar-refractivity contribution in [1.82, 2.24) is 0 Å². The van der Waals surface area contributed by atoms with E-state index in [1.165, 1.54) is 18.2 Å². The smallest absolute Gasteiger partial charge is 0.323 e. The third-order valence-electron chi connectivity index (χ3n) is 2.67. The fraction of sp³-hybridized carbons (Fsp3) is 0.429. The third kappa shape index (κ3) is 4.59. The Balaban J connectivity index is 3.14. The summed E-state index contributed by atoms with van der Waals surface area (Å²) in [6.45, 7) is 3.34. The number of ether oxygens (including phenoxy) is 2. The van der Waals surface area contributed by atoms with Crippen molar-refractivity contribution in [2.24, 2.45) is 5.92 Å². The Morgan fingerprint density at radius 2 is 1.67 bits per heavy atom. The van der Waals surface area contributed by atoms with Crippen LogP contribution in [0.15, 0.2) is 18.2 Å². The summed E-state index contributed by atoms with van der Waals surface area (Å²) in [5, 5.41) is 10.8. The molecule has 0 spiro atoms. The quantitative estimate of drug-likeness (QED) is 0.639. The van der Waals surface area contributed by atoms with Crippen molar-refractivity contribution < 1.29 is 24.2 Å². The Kier molecular flexibility index (Phi) is 6.95. The summed E-state index contributed by atoms with van der Waals surface area (Å²) in [5.41, 5.74) is 0.162. The largest absolute Gasteiger partial charge is 0.465 e. The van der Waals surface area contributed by atoms with Crippen LogP contribution in [0.3, 0.4) is 0 Å². The Bertz CT molecular complexity index is 500. The van der Waals surface area contributed by atoms with Crippen molar-refractivity contribution in [2.45, 2.75) is 20.0 Å². The van der Waals surface area contributed by atoms with E-state index in [0.29, 0.717) is 5.02 Å². The molecule has 1 rings (SSSR count). The Morgan fingerprint density at radius 1 is 1.14 bits per heavy atom. The zero-order valence-electron chi connectivity index (χ0n) is 11.6. The zero-order chi connectivity index (χ0) is 16.0. The first kappa shape index (κ1) is 17.8. The van der Waals surface area contributed by atoms with Crippen LogP contribution in [0.4, 0.5) is 0 Å². The predicted octanol–water partition coefficient (Wildman–Crippen LogP) is 2.77. The molecule has 1 aromatic rings. The molecule has 116 valence electrons. The van der Waals surface area contributed by atoms with E-state index in [4.69, 9.17) is 32.7 Å². The minimum Gasteiger partial charge on any atom is -0.465 e. The number of aliphatic hydroxyl groups excluding tert-OH is 1. The van der Waals surface area contributed by atoms with Crippen LogP contribution in [0.5, 0.6) is 0 Å². The average molecular weight is 335 g/mol. The van der Waals surface area contributed by atoms with E-state index in [1.54, 1.807) is 13.8 Å². The lowest BCUT2D eigenvalue weighted by Gasteiger charge is -2.21. The lowest BCUT2D eigenvalue weighted by Crippen LogP contribution is -2.33. The molecule has 1 atom stereocenters. The van der Waals surface area contributed by atoms with Gasteiger partial charge in [0.25, 0.3) is 0 Å². The Labute approximate surface area is 132 Å². The first-order valence-corrected chi connectivity index (χ1v) is 7.14. The molecule has 0 radical (unpaired) electrons. The van der Waals surface area contributed by atoms with Crippen molar-refractivity contribution >= 4 is 35.1 Å². The summed E-state index contributed by atoms with van der Waals surface area (Å²) >= 11 is 11.8. The van der Waals surface area contributed by atoms with Gasteiger partial charge in [0.05, 0.1) is 13.2 Å². The van der Waals surface area contributed by atoms with Crippen LogP contribution in [-0.4, -0.2) is 30.3 Å². The molecule has 0 bridgehead atoms. The number of hydrogen-bond donors (Lipinski definition) is 1. The van der Waals surface area contributed by atoms with Crippen LogP contribution in [0, 0.1) is 5.92 Å². The van der Waals surface area contributed by atoms with Crippen LogP contribution < -0.4 is 0 Å². The van der Waals surface area contributed by atoms with Crippen LogP contribution in [-0.2, 0) is 19.1 Å². The molecule has 0 fully saturated rings. The minimum absolute atomic E-state index is 0.0741. The van der Waals surface area contributed by atoms with Gasteiger partial charge in [0.15, 0.2) is 5.92 Å². The maximum absolute atomic E-state index is 11.9. The van der Waals surface area contributed by atoms with Gasteiger partial charge in [0, 0.05) is 15.6 Å². The van der Waals surface area contributed by atoms with E-state index < -0.39 is 24.0 Å². The van der Waals surface area contributed by atoms with Gasteiger partial charge in [-0.25, -0.2) is 0 Å². The summed E-state index contributed by atoms with van der Waals surface area (Å²) in [6.07, 6.45) is -1.51.